The summed E-state index contributed by atoms with van der Waals surface area (Å²) >= 11 is 7.81. The van der Waals surface area contributed by atoms with Gasteiger partial charge >= 0.3 is 0 Å². The van der Waals surface area contributed by atoms with Gasteiger partial charge in [-0.1, -0.05) is 31.0 Å². The van der Waals surface area contributed by atoms with Gasteiger partial charge in [-0.15, -0.1) is 11.3 Å². The summed E-state index contributed by atoms with van der Waals surface area (Å²) in [6.45, 7) is 2.15. The van der Waals surface area contributed by atoms with Crippen LogP contribution in [0.3, 0.4) is 0 Å². The van der Waals surface area contributed by atoms with Crippen molar-refractivity contribution in [3.63, 3.8) is 0 Å². The second kappa shape index (κ2) is 6.02. The van der Waals surface area contributed by atoms with E-state index in [0.29, 0.717) is 16.7 Å². The summed E-state index contributed by atoms with van der Waals surface area (Å²) in [6, 6.07) is 4.36. The Kier molecular flexibility index (Phi) is 4.38. The van der Waals surface area contributed by atoms with Crippen molar-refractivity contribution in [3.05, 3.63) is 33.7 Å². The second-order valence-corrected chi connectivity index (χ2v) is 5.28. The van der Waals surface area contributed by atoms with E-state index in [0.717, 1.165) is 12.8 Å². The van der Waals surface area contributed by atoms with E-state index in [1.165, 1.54) is 11.2 Å². The first-order chi connectivity index (χ1) is 8.72. The van der Waals surface area contributed by atoms with Crippen LogP contribution in [0.5, 0.6) is 0 Å². The molecule has 0 saturated heterocycles. The highest BCUT2D eigenvalue weighted by Crippen LogP contribution is 2.31. The highest BCUT2D eigenvalue weighted by molar-refractivity contribution is 7.10. The summed E-state index contributed by atoms with van der Waals surface area (Å²) in [5, 5.41) is 5.79. The highest BCUT2D eigenvalue weighted by atomic mass is 35.5. The van der Waals surface area contributed by atoms with Crippen molar-refractivity contribution >= 4 is 34.6 Å². The molecule has 3 N–H and O–H groups in total. The minimum Gasteiger partial charge on any atom is -0.382 e. The highest BCUT2D eigenvalue weighted by Gasteiger charge is 2.15. The molecule has 0 aliphatic rings. The third kappa shape index (κ3) is 2.91. The minimum absolute atomic E-state index is 0.210. The van der Waals surface area contributed by atoms with Gasteiger partial charge in [-0.25, -0.2) is 9.97 Å². The van der Waals surface area contributed by atoms with Crippen molar-refractivity contribution in [1.82, 2.24) is 9.97 Å². The molecule has 0 aliphatic carbocycles. The first kappa shape index (κ1) is 13.1. The van der Waals surface area contributed by atoms with Gasteiger partial charge in [0.05, 0.1) is 6.04 Å². The molecule has 0 radical (unpaired) electrons. The van der Waals surface area contributed by atoms with E-state index >= 15 is 0 Å². The first-order valence-corrected chi connectivity index (χ1v) is 7.04. The Morgan fingerprint density at radius 1 is 1.50 bits per heavy atom. The van der Waals surface area contributed by atoms with E-state index in [9.17, 15) is 0 Å². The van der Waals surface area contributed by atoms with Crippen LogP contribution in [0.1, 0.15) is 30.7 Å². The van der Waals surface area contributed by atoms with Crippen molar-refractivity contribution in [2.45, 2.75) is 25.8 Å². The summed E-state index contributed by atoms with van der Waals surface area (Å²) < 4.78 is 0. The molecule has 0 amide bonds. The zero-order chi connectivity index (χ0) is 13.0. The van der Waals surface area contributed by atoms with Crippen LogP contribution in [-0.2, 0) is 0 Å². The van der Waals surface area contributed by atoms with Crippen LogP contribution in [0.4, 0.5) is 11.6 Å². The van der Waals surface area contributed by atoms with E-state index in [-0.39, 0.29) is 6.04 Å². The molecule has 0 aromatic carbocycles. The molecule has 2 rings (SSSR count). The molecule has 96 valence electrons. The monoisotopic (exact) mass is 282 g/mol. The maximum Gasteiger partial charge on any atom is 0.150 e. The third-order valence-corrected chi connectivity index (χ3v) is 3.95. The van der Waals surface area contributed by atoms with Crippen LogP contribution in [0.25, 0.3) is 0 Å². The van der Waals surface area contributed by atoms with Gasteiger partial charge in [0.1, 0.15) is 17.2 Å². The first-order valence-electron chi connectivity index (χ1n) is 5.78. The Morgan fingerprint density at radius 3 is 3.00 bits per heavy atom. The number of nitrogens with zero attached hydrogens (tertiary/aromatic N) is 2. The van der Waals surface area contributed by atoms with Crippen molar-refractivity contribution in [1.29, 1.82) is 0 Å². The van der Waals surface area contributed by atoms with Gasteiger partial charge in [-0.3, -0.25) is 0 Å². The van der Waals surface area contributed by atoms with Crippen LogP contribution in [0.2, 0.25) is 5.02 Å². The van der Waals surface area contributed by atoms with Crippen molar-refractivity contribution in [3.8, 4) is 0 Å². The zero-order valence-electron chi connectivity index (χ0n) is 10.1. The number of nitrogens with two attached hydrogens (primary N) is 1. The lowest BCUT2D eigenvalue weighted by molar-refractivity contribution is 0.684. The summed E-state index contributed by atoms with van der Waals surface area (Å²) in [4.78, 5) is 9.26. The minimum atomic E-state index is 0.210. The normalized spacial score (nSPS) is 12.3. The third-order valence-electron chi connectivity index (χ3n) is 2.59. The number of anilines is 2. The van der Waals surface area contributed by atoms with Crippen molar-refractivity contribution in [2.24, 2.45) is 0 Å². The molecular formula is C12H15ClN4S. The maximum atomic E-state index is 6.09. The van der Waals surface area contributed by atoms with E-state index in [1.54, 1.807) is 11.3 Å². The summed E-state index contributed by atoms with van der Waals surface area (Å²) in [5.74, 6) is 0.895. The van der Waals surface area contributed by atoms with Gasteiger partial charge in [0.15, 0.2) is 5.82 Å². The van der Waals surface area contributed by atoms with Gasteiger partial charge in [0, 0.05) is 4.88 Å². The molecule has 2 aromatic heterocycles. The molecule has 1 unspecified atom stereocenters. The fraction of sp³-hybridized carbons (Fsp3) is 0.333. The lowest BCUT2D eigenvalue weighted by Crippen LogP contribution is -2.11. The second-order valence-electron chi connectivity index (χ2n) is 3.92. The summed E-state index contributed by atoms with van der Waals surface area (Å²) in [6.07, 6.45) is 3.51. The summed E-state index contributed by atoms with van der Waals surface area (Å²) in [5.41, 5.74) is 5.67. The van der Waals surface area contributed by atoms with E-state index in [1.807, 2.05) is 6.07 Å². The van der Waals surface area contributed by atoms with Gasteiger partial charge in [-0.05, 0) is 17.9 Å². The molecule has 2 heterocycles. The van der Waals surface area contributed by atoms with E-state index < -0.39 is 0 Å². The number of hydrogen-bond acceptors (Lipinski definition) is 5. The molecule has 0 spiro atoms. The average molecular weight is 283 g/mol. The average Bonchev–Trinajstić information content (AvgIpc) is 2.88. The lowest BCUT2D eigenvalue weighted by atomic mass is 10.1. The van der Waals surface area contributed by atoms with Crippen LogP contribution >= 0.6 is 22.9 Å². The largest absolute Gasteiger partial charge is 0.382 e. The van der Waals surface area contributed by atoms with Gasteiger partial charge < -0.3 is 11.1 Å². The number of nitrogens with one attached hydrogen (secondary N) is 1. The van der Waals surface area contributed by atoms with Crippen LogP contribution in [0.15, 0.2) is 23.8 Å². The molecule has 0 aliphatic heterocycles. The Hall–Kier alpha value is -1.33. The number of halogens is 1. The van der Waals surface area contributed by atoms with Crippen LogP contribution in [-0.4, -0.2) is 9.97 Å². The Morgan fingerprint density at radius 2 is 2.33 bits per heavy atom. The Balaban J connectivity index is 2.21. The van der Waals surface area contributed by atoms with Gasteiger partial charge in [0.2, 0.25) is 0 Å². The van der Waals surface area contributed by atoms with Crippen molar-refractivity contribution < 1.29 is 0 Å². The Labute approximate surface area is 115 Å². The molecule has 1 atom stereocenters. The number of thiophene rings is 1. The molecule has 0 saturated carbocycles. The molecule has 0 bridgehead atoms. The predicted octanol–water partition coefficient (Wildman–Crippen LogP) is 3.73. The van der Waals surface area contributed by atoms with E-state index in [4.69, 9.17) is 17.3 Å². The fourth-order valence-corrected chi connectivity index (χ4v) is 2.68. The number of rotatable bonds is 5. The van der Waals surface area contributed by atoms with E-state index in [2.05, 4.69) is 33.7 Å². The number of aromatic nitrogens is 2. The lowest BCUT2D eigenvalue weighted by Gasteiger charge is -2.18. The Bertz CT molecular complexity index is 501. The SMILES string of the molecule is CCCC(Nc1ncnc(N)c1Cl)c1cccs1. The molecule has 6 heteroatoms. The quantitative estimate of drug-likeness (QED) is 0.877. The van der Waals surface area contributed by atoms with Gasteiger partial charge in [0.25, 0.3) is 0 Å². The summed E-state index contributed by atoms with van der Waals surface area (Å²) in [7, 11) is 0. The molecular weight excluding hydrogens is 268 g/mol. The number of nitrogen functional groups attached to an aromatic ring is 1. The molecule has 18 heavy (non-hydrogen) atoms. The van der Waals surface area contributed by atoms with Crippen LogP contribution < -0.4 is 11.1 Å². The zero-order valence-corrected chi connectivity index (χ0v) is 11.6. The molecule has 4 nitrogen and oxygen atoms in total. The fourth-order valence-electron chi connectivity index (χ4n) is 1.71. The topological polar surface area (TPSA) is 63.8 Å². The smallest absolute Gasteiger partial charge is 0.150 e. The number of hydrogen-bond donors (Lipinski definition) is 2. The standard InChI is InChI=1S/C12H15ClN4S/c1-2-4-8(9-5-3-6-18-9)17-12-10(13)11(14)15-7-16-12/h3,5-8H,2,4H2,1H3,(H3,14,15,16,17). The maximum absolute atomic E-state index is 6.09. The molecule has 2 aromatic rings. The van der Waals surface area contributed by atoms with Gasteiger partial charge in [-0.2, -0.15) is 0 Å². The predicted molar refractivity (Wildman–Crippen MR) is 77.0 cm³/mol. The molecule has 0 fully saturated rings. The van der Waals surface area contributed by atoms with Crippen LogP contribution in [0, 0.1) is 0 Å². The van der Waals surface area contributed by atoms with Crippen molar-refractivity contribution in [2.75, 3.05) is 11.1 Å².